The Kier molecular flexibility index (Phi) is 6.07. The third kappa shape index (κ3) is 3.98. The summed E-state index contributed by atoms with van der Waals surface area (Å²) in [7, 11) is 1.63. The summed E-state index contributed by atoms with van der Waals surface area (Å²) in [5, 5.41) is 10.6. The topological polar surface area (TPSA) is 49.8 Å². The van der Waals surface area contributed by atoms with Gasteiger partial charge >= 0.3 is 5.97 Å². The Morgan fingerprint density at radius 3 is 2.69 bits per heavy atom. The van der Waals surface area contributed by atoms with E-state index in [1.54, 1.807) is 13.2 Å². The average molecular weight is 394 g/mol. The number of carboxylic acids is 1. The first-order valence-electron chi connectivity index (χ1n) is 8.56. The smallest absolute Gasteiger partial charge is 0.307 e. The molecule has 4 nitrogen and oxygen atoms in total. The summed E-state index contributed by atoms with van der Waals surface area (Å²) in [6, 6.07) is 13.0. The lowest BCUT2D eigenvalue weighted by Crippen LogP contribution is -2.41. The number of aliphatic carboxylic acids is 1. The summed E-state index contributed by atoms with van der Waals surface area (Å²) in [6.07, 6.45) is 1.52. The number of halogens is 2. The van der Waals surface area contributed by atoms with Gasteiger partial charge in [0.25, 0.3) is 0 Å². The number of methoxy groups -OCH3 is 1. The molecule has 2 atom stereocenters. The van der Waals surface area contributed by atoms with Crippen LogP contribution >= 0.6 is 23.2 Å². The Labute approximate surface area is 163 Å². The third-order valence-corrected chi connectivity index (χ3v) is 5.42. The van der Waals surface area contributed by atoms with Gasteiger partial charge in [-0.2, -0.15) is 0 Å². The molecule has 0 spiro atoms. The maximum Gasteiger partial charge on any atom is 0.307 e. The number of rotatable bonds is 5. The van der Waals surface area contributed by atoms with Crippen LogP contribution in [-0.4, -0.2) is 36.2 Å². The van der Waals surface area contributed by atoms with Crippen molar-refractivity contribution in [1.29, 1.82) is 0 Å². The zero-order valence-corrected chi connectivity index (χ0v) is 16.0. The minimum atomic E-state index is -0.754. The maximum atomic E-state index is 11.5. The zero-order chi connectivity index (χ0) is 18.7. The van der Waals surface area contributed by atoms with Crippen LogP contribution in [0, 0.1) is 5.92 Å². The van der Waals surface area contributed by atoms with Crippen molar-refractivity contribution < 1.29 is 14.6 Å². The molecule has 138 valence electrons. The highest BCUT2D eigenvalue weighted by Crippen LogP contribution is 2.40. The van der Waals surface area contributed by atoms with Crippen molar-refractivity contribution in [1.82, 2.24) is 4.90 Å². The number of para-hydroxylation sites is 1. The molecule has 0 bridgehead atoms. The van der Waals surface area contributed by atoms with Crippen LogP contribution in [0.3, 0.4) is 0 Å². The van der Waals surface area contributed by atoms with Crippen LogP contribution in [0.5, 0.6) is 5.75 Å². The fourth-order valence-electron chi connectivity index (χ4n) is 3.62. The van der Waals surface area contributed by atoms with Crippen LogP contribution in [0.4, 0.5) is 0 Å². The van der Waals surface area contributed by atoms with Gasteiger partial charge in [0.05, 0.1) is 19.1 Å². The number of hydrogen-bond acceptors (Lipinski definition) is 3. The number of benzene rings is 2. The molecular weight excluding hydrogens is 373 g/mol. The summed E-state index contributed by atoms with van der Waals surface area (Å²) in [5.41, 5.74) is 1.86. The van der Waals surface area contributed by atoms with Crippen LogP contribution in [0.2, 0.25) is 10.0 Å². The Hall–Kier alpha value is -1.75. The fourth-order valence-corrected chi connectivity index (χ4v) is 4.13. The Morgan fingerprint density at radius 1 is 1.23 bits per heavy atom. The standard InChI is InChI=1S/C20H21Cl2NO3/c1-26-18-7-3-2-6-16(18)19(15-9-8-14(21)11-17(15)22)23-10-4-5-13(12-23)20(24)25/h2-3,6-9,11,13,19H,4-5,10,12H2,1H3,(H,24,25). The van der Waals surface area contributed by atoms with Gasteiger partial charge in [0.15, 0.2) is 0 Å². The van der Waals surface area contributed by atoms with Gasteiger partial charge in [0.2, 0.25) is 0 Å². The van der Waals surface area contributed by atoms with Crippen LogP contribution in [-0.2, 0) is 4.79 Å². The zero-order valence-electron chi connectivity index (χ0n) is 14.5. The van der Waals surface area contributed by atoms with Crippen LogP contribution in [0.15, 0.2) is 42.5 Å². The molecule has 0 saturated carbocycles. The second-order valence-corrected chi connectivity index (χ2v) is 7.33. The molecule has 1 heterocycles. The van der Waals surface area contributed by atoms with Gasteiger partial charge in [-0.25, -0.2) is 0 Å². The highest BCUT2D eigenvalue weighted by molar-refractivity contribution is 6.35. The SMILES string of the molecule is COc1ccccc1C(c1ccc(Cl)cc1Cl)N1CCCC(C(=O)O)C1. The van der Waals surface area contributed by atoms with Crippen LogP contribution in [0.1, 0.15) is 30.0 Å². The highest BCUT2D eigenvalue weighted by Gasteiger charge is 2.33. The Bertz CT molecular complexity index is 796. The molecule has 2 unspecified atom stereocenters. The van der Waals surface area contributed by atoms with Gasteiger partial charge in [-0.15, -0.1) is 0 Å². The maximum absolute atomic E-state index is 11.5. The lowest BCUT2D eigenvalue weighted by molar-refractivity contribution is -0.143. The van der Waals surface area contributed by atoms with E-state index in [-0.39, 0.29) is 12.0 Å². The molecule has 0 radical (unpaired) electrons. The molecule has 3 rings (SSSR count). The predicted octanol–water partition coefficient (Wildman–Crippen LogP) is 4.89. The van der Waals surface area contributed by atoms with E-state index in [1.165, 1.54) is 0 Å². The Morgan fingerprint density at radius 2 is 2.00 bits per heavy atom. The van der Waals surface area contributed by atoms with E-state index < -0.39 is 5.97 Å². The lowest BCUT2D eigenvalue weighted by atomic mass is 9.91. The van der Waals surface area contributed by atoms with Gasteiger partial charge < -0.3 is 9.84 Å². The van der Waals surface area contributed by atoms with Crippen molar-refractivity contribution in [3.8, 4) is 5.75 Å². The average Bonchev–Trinajstić information content (AvgIpc) is 2.64. The lowest BCUT2D eigenvalue weighted by Gasteiger charge is -2.38. The number of nitrogens with zero attached hydrogens (tertiary/aromatic N) is 1. The molecular formula is C20H21Cl2NO3. The third-order valence-electron chi connectivity index (χ3n) is 4.86. The molecule has 1 N–H and O–H groups in total. The van der Waals surface area contributed by atoms with Gasteiger partial charge in [-0.1, -0.05) is 47.5 Å². The van der Waals surface area contributed by atoms with Crippen LogP contribution < -0.4 is 4.74 Å². The minimum Gasteiger partial charge on any atom is -0.496 e. The first-order valence-corrected chi connectivity index (χ1v) is 9.31. The quantitative estimate of drug-likeness (QED) is 0.785. The van der Waals surface area contributed by atoms with E-state index in [0.717, 1.165) is 29.8 Å². The summed E-state index contributed by atoms with van der Waals surface area (Å²) in [5.74, 6) is -0.385. The molecule has 2 aromatic rings. The second kappa shape index (κ2) is 8.30. The first-order chi connectivity index (χ1) is 12.5. The largest absolute Gasteiger partial charge is 0.496 e. The summed E-state index contributed by atoms with van der Waals surface area (Å²) < 4.78 is 5.56. The van der Waals surface area contributed by atoms with Crippen molar-refractivity contribution >= 4 is 29.2 Å². The molecule has 6 heteroatoms. The van der Waals surface area contributed by atoms with E-state index in [2.05, 4.69) is 4.90 Å². The molecule has 2 aromatic carbocycles. The molecule has 0 amide bonds. The number of carbonyl (C=O) groups is 1. The second-order valence-electron chi connectivity index (χ2n) is 6.48. The summed E-state index contributed by atoms with van der Waals surface area (Å²) in [6.45, 7) is 1.27. The normalized spacial score (nSPS) is 19.1. The summed E-state index contributed by atoms with van der Waals surface area (Å²) >= 11 is 12.6. The number of ether oxygens (including phenoxy) is 1. The van der Waals surface area contributed by atoms with Crippen molar-refractivity contribution in [3.05, 3.63) is 63.6 Å². The number of piperidine rings is 1. The van der Waals surface area contributed by atoms with Crippen molar-refractivity contribution in [3.63, 3.8) is 0 Å². The van der Waals surface area contributed by atoms with Gasteiger partial charge in [0.1, 0.15) is 5.75 Å². The minimum absolute atomic E-state index is 0.196. The van der Waals surface area contributed by atoms with E-state index in [9.17, 15) is 9.90 Å². The number of hydrogen-bond donors (Lipinski definition) is 1. The molecule has 1 fully saturated rings. The predicted molar refractivity (Wildman–Crippen MR) is 103 cm³/mol. The molecule has 26 heavy (non-hydrogen) atoms. The first kappa shape index (κ1) is 19.0. The van der Waals surface area contributed by atoms with Crippen LogP contribution in [0.25, 0.3) is 0 Å². The molecule has 1 saturated heterocycles. The van der Waals surface area contributed by atoms with Crippen molar-refractivity contribution in [2.45, 2.75) is 18.9 Å². The van der Waals surface area contributed by atoms with Gasteiger partial charge in [-0.3, -0.25) is 9.69 Å². The van der Waals surface area contributed by atoms with Gasteiger partial charge in [0, 0.05) is 22.2 Å². The van der Waals surface area contributed by atoms with E-state index in [1.807, 2.05) is 36.4 Å². The number of likely N-dealkylation sites (tertiary alicyclic amines) is 1. The molecule has 0 aliphatic carbocycles. The highest BCUT2D eigenvalue weighted by atomic mass is 35.5. The van der Waals surface area contributed by atoms with E-state index >= 15 is 0 Å². The van der Waals surface area contributed by atoms with E-state index in [4.69, 9.17) is 27.9 Å². The van der Waals surface area contributed by atoms with E-state index in [0.29, 0.717) is 23.0 Å². The number of carboxylic acid groups (broad SMARTS) is 1. The fraction of sp³-hybridized carbons (Fsp3) is 0.350. The Balaban J connectivity index is 2.08. The molecule has 0 aromatic heterocycles. The van der Waals surface area contributed by atoms with Gasteiger partial charge in [-0.05, 0) is 43.1 Å². The molecule has 1 aliphatic rings. The monoisotopic (exact) mass is 393 g/mol. The van der Waals surface area contributed by atoms with Crippen molar-refractivity contribution in [2.24, 2.45) is 5.92 Å². The molecule has 1 aliphatic heterocycles. The van der Waals surface area contributed by atoms with Crippen molar-refractivity contribution in [2.75, 3.05) is 20.2 Å². The summed E-state index contributed by atoms with van der Waals surface area (Å²) in [4.78, 5) is 13.7.